The third-order valence-corrected chi connectivity index (χ3v) is 2.18. The Kier molecular flexibility index (Phi) is 4.37. The number of carbonyl (C=O) groups excluding carboxylic acids is 1. The standard InChI is InChI=1S/C13H18O4/c1-5-16-10-6-8-11(9-7-10)17-13(2,3)12(14)15-4/h6-9H,5H2,1-4H3. The second kappa shape index (κ2) is 5.57. The molecule has 0 aromatic heterocycles. The van der Waals surface area contributed by atoms with Crippen molar-refractivity contribution in [3.05, 3.63) is 24.3 Å². The molecule has 0 N–H and O–H groups in total. The van der Waals surface area contributed by atoms with Crippen LogP contribution in [0.5, 0.6) is 11.5 Å². The van der Waals surface area contributed by atoms with Gasteiger partial charge in [0, 0.05) is 0 Å². The van der Waals surface area contributed by atoms with Gasteiger partial charge < -0.3 is 14.2 Å². The highest BCUT2D eigenvalue weighted by atomic mass is 16.6. The lowest BCUT2D eigenvalue weighted by atomic mass is 10.1. The number of hydrogen-bond donors (Lipinski definition) is 0. The van der Waals surface area contributed by atoms with Crippen LogP contribution in [0.1, 0.15) is 20.8 Å². The fourth-order valence-electron chi connectivity index (χ4n) is 1.35. The van der Waals surface area contributed by atoms with Crippen molar-refractivity contribution in [3.63, 3.8) is 0 Å². The molecule has 94 valence electrons. The summed E-state index contributed by atoms with van der Waals surface area (Å²) >= 11 is 0. The van der Waals surface area contributed by atoms with Crippen molar-refractivity contribution in [2.75, 3.05) is 13.7 Å². The summed E-state index contributed by atoms with van der Waals surface area (Å²) in [6.07, 6.45) is 0. The summed E-state index contributed by atoms with van der Waals surface area (Å²) in [5, 5.41) is 0. The van der Waals surface area contributed by atoms with Crippen LogP contribution in [0.3, 0.4) is 0 Å². The molecule has 0 bridgehead atoms. The minimum Gasteiger partial charge on any atom is -0.494 e. The summed E-state index contributed by atoms with van der Waals surface area (Å²) in [5.74, 6) is 0.964. The van der Waals surface area contributed by atoms with Crippen LogP contribution < -0.4 is 9.47 Å². The molecular weight excluding hydrogens is 220 g/mol. The smallest absolute Gasteiger partial charge is 0.349 e. The van der Waals surface area contributed by atoms with E-state index in [-0.39, 0.29) is 0 Å². The summed E-state index contributed by atoms with van der Waals surface area (Å²) in [4.78, 5) is 11.4. The summed E-state index contributed by atoms with van der Waals surface area (Å²) in [6.45, 7) is 5.86. The van der Waals surface area contributed by atoms with Crippen LogP contribution in [-0.2, 0) is 9.53 Å². The first-order chi connectivity index (χ1) is 7.99. The predicted molar refractivity (Wildman–Crippen MR) is 64.3 cm³/mol. The van der Waals surface area contributed by atoms with Crippen LogP contribution in [0.2, 0.25) is 0 Å². The molecular formula is C13H18O4. The first-order valence-corrected chi connectivity index (χ1v) is 5.50. The van der Waals surface area contributed by atoms with Gasteiger partial charge in [0.2, 0.25) is 0 Å². The van der Waals surface area contributed by atoms with Crippen molar-refractivity contribution in [1.29, 1.82) is 0 Å². The number of methoxy groups -OCH3 is 1. The Morgan fingerprint density at radius 1 is 1.18 bits per heavy atom. The van der Waals surface area contributed by atoms with E-state index in [0.717, 1.165) is 5.75 Å². The number of carbonyl (C=O) groups is 1. The molecule has 1 rings (SSSR count). The second-order valence-electron chi connectivity index (χ2n) is 4.01. The molecule has 0 aliphatic heterocycles. The highest BCUT2D eigenvalue weighted by molar-refractivity contribution is 5.78. The summed E-state index contributed by atoms with van der Waals surface area (Å²) in [5.41, 5.74) is -0.998. The maximum Gasteiger partial charge on any atom is 0.349 e. The van der Waals surface area contributed by atoms with E-state index in [1.807, 2.05) is 6.92 Å². The Morgan fingerprint density at radius 2 is 1.71 bits per heavy atom. The van der Waals surface area contributed by atoms with Gasteiger partial charge in [-0.3, -0.25) is 0 Å². The van der Waals surface area contributed by atoms with E-state index >= 15 is 0 Å². The molecule has 0 aliphatic rings. The fourth-order valence-corrected chi connectivity index (χ4v) is 1.35. The van der Waals surface area contributed by atoms with Crippen LogP contribution in [-0.4, -0.2) is 25.3 Å². The van der Waals surface area contributed by atoms with Crippen LogP contribution in [0.15, 0.2) is 24.3 Å². The van der Waals surface area contributed by atoms with Crippen molar-refractivity contribution < 1.29 is 19.0 Å². The normalized spacial score (nSPS) is 10.8. The molecule has 0 fully saturated rings. The molecule has 0 saturated carbocycles. The Morgan fingerprint density at radius 3 is 2.18 bits per heavy atom. The quantitative estimate of drug-likeness (QED) is 0.739. The van der Waals surface area contributed by atoms with Crippen molar-refractivity contribution in [3.8, 4) is 11.5 Å². The molecule has 0 amide bonds. The van der Waals surface area contributed by atoms with Crippen molar-refractivity contribution in [2.24, 2.45) is 0 Å². The molecule has 0 atom stereocenters. The monoisotopic (exact) mass is 238 g/mol. The Hall–Kier alpha value is -1.71. The molecule has 17 heavy (non-hydrogen) atoms. The number of esters is 1. The van der Waals surface area contributed by atoms with Gasteiger partial charge >= 0.3 is 5.97 Å². The Labute approximate surface area is 101 Å². The lowest BCUT2D eigenvalue weighted by molar-refractivity contribution is -0.156. The molecule has 0 aliphatic carbocycles. The summed E-state index contributed by atoms with van der Waals surface area (Å²) in [6, 6.07) is 7.11. The zero-order valence-corrected chi connectivity index (χ0v) is 10.6. The van der Waals surface area contributed by atoms with Gasteiger partial charge in [-0.15, -0.1) is 0 Å². The number of rotatable bonds is 5. The third kappa shape index (κ3) is 3.66. The van der Waals surface area contributed by atoms with E-state index < -0.39 is 11.6 Å². The molecule has 4 nitrogen and oxygen atoms in total. The predicted octanol–water partition coefficient (Wildman–Crippen LogP) is 2.42. The highest BCUT2D eigenvalue weighted by Gasteiger charge is 2.30. The zero-order valence-electron chi connectivity index (χ0n) is 10.6. The van der Waals surface area contributed by atoms with Crippen molar-refractivity contribution in [1.82, 2.24) is 0 Å². The van der Waals surface area contributed by atoms with Gasteiger partial charge in [0.15, 0.2) is 5.60 Å². The molecule has 1 aromatic carbocycles. The van der Waals surface area contributed by atoms with Gasteiger partial charge in [-0.05, 0) is 45.0 Å². The van der Waals surface area contributed by atoms with Crippen LogP contribution in [0.25, 0.3) is 0 Å². The van der Waals surface area contributed by atoms with Gasteiger partial charge in [-0.1, -0.05) is 0 Å². The zero-order chi connectivity index (χ0) is 12.9. The minimum absolute atomic E-state index is 0.411. The number of hydrogen-bond acceptors (Lipinski definition) is 4. The first-order valence-electron chi connectivity index (χ1n) is 5.50. The highest BCUT2D eigenvalue weighted by Crippen LogP contribution is 2.22. The molecule has 0 unspecified atom stereocenters. The average molecular weight is 238 g/mol. The van der Waals surface area contributed by atoms with Crippen LogP contribution in [0.4, 0.5) is 0 Å². The molecule has 0 radical (unpaired) electrons. The lowest BCUT2D eigenvalue weighted by Crippen LogP contribution is -2.39. The largest absolute Gasteiger partial charge is 0.494 e. The van der Waals surface area contributed by atoms with Gasteiger partial charge in [0.1, 0.15) is 11.5 Å². The maximum absolute atomic E-state index is 11.4. The van der Waals surface area contributed by atoms with Gasteiger partial charge in [0.05, 0.1) is 13.7 Å². The maximum atomic E-state index is 11.4. The van der Waals surface area contributed by atoms with E-state index in [2.05, 4.69) is 4.74 Å². The van der Waals surface area contributed by atoms with E-state index in [1.54, 1.807) is 38.1 Å². The van der Waals surface area contributed by atoms with Gasteiger partial charge in [0.25, 0.3) is 0 Å². The van der Waals surface area contributed by atoms with Gasteiger partial charge in [-0.25, -0.2) is 4.79 Å². The summed E-state index contributed by atoms with van der Waals surface area (Å²) < 4.78 is 15.5. The minimum atomic E-state index is -0.998. The van der Waals surface area contributed by atoms with Crippen LogP contribution in [0, 0.1) is 0 Å². The average Bonchev–Trinajstić information content (AvgIpc) is 2.30. The van der Waals surface area contributed by atoms with Crippen LogP contribution >= 0.6 is 0 Å². The Bertz CT molecular complexity index is 368. The number of benzene rings is 1. The Balaban J connectivity index is 2.71. The van der Waals surface area contributed by atoms with E-state index in [9.17, 15) is 4.79 Å². The molecule has 0 heterocycles. The number of ether oxygens (including phenoxy) is 3. The lowest BCUT2D eigenvalue weighted by Gasteiger charge is -2.23. The van der Waals surface area contributed by atoms with E-state index in [0.29, 0.717) is 12.4 Å². The van der Waals surface area contributed by atoms with Crippen molar-refractivity contribution >= 4 is 5.97 Å². The molecule has 1 aromatic rings. The topological polar surface area (TPSA) is 44.8 Å². The first kappa shape index (κ1) is 13.4. The SMILES string of the molecule is CCOc1ccc(OC(C)(C)C(=O)OC)cc1. The van der Waals surface area contributed by atoms with E-state index in [1.165, 1.54) is 7.11 Å². The fraction of sp³-hybridized carbons (Fsp3) is 0.462. The van der Waals surface area contributed by atoms with Gasteiger partial charge in [-0.2, -0.15) is 0 Å². The third-order valence-electron chi connectivity index (χ3n) is 2.18. The van der Waals surface area contributed by atoms with E-state index in [4.69, 9.17) is 9.47 Å². The molecule has 4 heteroatoms. The summed E-state index contributed by atoms with van der Waals surface area (Å²) in [7, 11) is 1.34. The molecule has 0 spiro atoms. The second-order valence-corrected chi connectivity index (χ2v) is 4.01. The molecule has 0 saturated heterocycles. The van der Waals surface area contributed by atoms with Crippen molar-refractivity contribution in [2.45, 2.75) is 26.4 Å².